The van der Waals surface area contributed by atoms with Gasteiger partial charge in [0, 0.05) is 6.92 Å². The van der Waals surface area contributed by atoms with Gasteiger partial charge in [-0.2, -0.15) is 0 Å². The van der Waals surface area contributed by atoms with E-state index in [0.717, 1.165) is 6.20 Å². The maximum Gasteiger partial charge on any atom is 0.342 e. The standard InChI is InChI=1S/C6H8FN3O2/c1-5-8-4-6(10(11)12)9(5)3-2-7/h4H,2-3H2,1H3/i7-1. The SMILES string of the molecule is Cc1ncc([N+](=O)[O-])n1CC[18F]. The molecule has 66 valence electrons. The monoisotopic (exact) mass is 172 g/mol. The first-order valence-corrected chi connectivity index (χ1v) is 3.39. The van der Waals surface area contributed by atoms with Crippen molar-refractivity contribution >= 4 is 5.82 Å². The van der Waals surface area contributed by atoms with E-state index in [1.54, 1.807) is 6.92 Å². The zero-order valence-corrected chi connectivity index (χ0v) is 6.53. The van der Waals surface area contributed by atoms with Crippen molar-refractivity contribution in [3.8, 4) is 0 Å². The Morgan fingerprint density at radius 1 is 1.83 bits per heavy atom. The second kappa shape index (κ2) is 3.29. The molecule has 0 unspecified atom stereocenters. The zero-order valence-electron chi connectivity index (χ0n) is 6.53. The molecule has 0 fully saturated rings. The molecule has 0 aliphatic rings. The fourth-order valence-corrected chi connectivity index (χ4v) is 0.963. The van der Waals surface area contributed by atoms with Crippen molar-refractivity contribution in [2.45, 2.75) is 13.5 Å². The zero-order chi connectivity index (χ0) is 9.14. The number of halogens is 1. The van der Waals surface area contributed by atoms with Gasteiger partial charge in [-0.1, -0.05) is 0 Å². The lowest BCUT2D eigenvalue weighted by atomic mass is 10.6. The molecule has 1 rings (SSSR count). The van der Waals surface area contributed by atoms with Gasteiger partial charge in [-0.15, -0.1) is 0 Å². The van der Waals surface area contributed by atoms with E-state index in [0.29, 0.717) is 5.82 Å². The van der Waals surface area contributed by atoms with Crippen LogP contribution in [0, 0.1) is 17.0 Å². The van der Waals surface area contributed by atoms with E-state index in [-0.39, 0.29) is 12.4 Å². The number of hydrogen-bond donors (Lipinski definition) is 0. The van der Waals surface area contributed by atoms with Crippen LogP contribution in [-0.4, -0.2) is 21.1 Å². The van der Waals surface area contributed by atoms with Gasteiger partial charge in [0.25, 0.3) is 0 Å². The second-order valence-corrected chi connectivity index (χ2v) is 2.26. The van der Waals surface area contributed by atoms with Crippen LogP contribution in [0.5, 0.6) is 0 Å². The summed E-state index contributed by atoms with van der Waals surface area (Å²) in [7, 11) is 0. The highest BCUT2D eigenvalue weighted by Gasteiger charge is 2.16. The summed E-state index contributed by atoms with van der Waals surface area (Å²) in [4.78, 5) is 13.5. The Morgan fingerprint density at radius 2 is 2.50 bits per heavy atom. The van der Waals surface area contributed by atoms with Crippen molar-refractivity contribution in [3.63, 3.8) is 0 Å². The topological polar surface area (TPSA) is 61.0 Å². The van der Waals surface area contributed by atoms with E-state index in [9.17, 15) is 14.5 Å². The molecule has 1 aromatic heterocycles. The molecule has 5 nitrogen and oxygen atoms in total. The predicted molar refractivity (Wildman–Crippen MR) is 39.6 cm³/mol. The van der Waals surface area contributed by atoms with E-state index in [2.05, 4.69) is 4.98 Å². The van der Waals surface area contributed by atoms with Gasteiger partial charge in [0.05, 0.1) is 0 Å². The van der Waals surface area contributed by atoms with Crippen molar-refractivity contribution in [1.82, 2.24) is 9.55 Å². The molecule has 0 aliphatic heterocycles. The van der Waals surface area contributed by atoms with Crippen molar-refractivity contribution < 1.29 is 9.31 Å². The Hall–Kier alpha value is -1.46. The molecule has 0 atom stereocenters. The number of aryl methyl sites for hydroxylation is 1. The Balaban J connectivity index is 3.03. The largest absolute Gasteiger partial charge is 0.358 e. The average molecular weight is 172 g/mol. The van der Waals surface area contributed by atoms with Gasteiger partial charge in [-0.3, -0.25) is 0 Å². The van der Waals surface area contributed by atoms with Crippen LogP contribution in [0.15, 0.2) is 6.20 Å². The molecular weight excluding hydrogens is 164 g/mol. The number of imidazole rings is 1. The van der Waals surface area contributed by atoms with Gasteiger partial charge in [0.2, 0.25) is 0 Å². The van der Waals surface area contributed by atoms with Crippen molar-refractivity contribution in [1.29, 1.82) is 0 Å². The van der Waals surface area contributed by atoms with Crippen LogP contribution in [0.2, 0.25) is 0 Å². The summed E-state index contributed by atoms with van der Waals surface area (Å²) in [5.41, 5.74) is 0. The minimum atomic E-state index is -0.627. The number of alkyl halides is 1. The summed E-state index contributed by atoms with van der Waals surface area (Å²) in [6.45, 7) is 0.961. The van der Waals surface area contributed by atoms with Gasteiger partial charge in [-0.05, 0) is 4.92 Å². The maximum absolute atomic E-state index is 11.9. The molecule has 0 spiro atoms. The Kier molecular flexibility index (Phi) is 2.37. The number of rotatable bonds is 3. The number of nitrogens with zero attached hydrogens (tertiary/aromatic N) is 3. The van der Waals surface area contributed by atoms with Crippen LogP contribution in [0.3, 0.4) is 0 Å². The van der Waals surface area contributed by atoms with Crippen molar-refractivity contribution in [2.24, 2.45) is 0 Å². The van der Waals surface area contributed by atoms with Crippen LogP contribution in [-0.2, 0) is 6.54 Å². The van der Waals surface area contributed by atoms with E-state index >= 15 is 0 Å². The summed E-state index contributed by atoms with van der Waals surface area (Å²) in [6, 6.07) is 0. The molecule has 0 N–H and O–H groups in total. The highest BCUT2D eigenvalue weighted by molar-refractivity contribution is 5.18. The second-order valence-electron chi connectivity index (χ2n) is 2.26. The smallest absolute Gasteiger partial charge is 0.342 e. The molecule has 0 aliphatic carbocycles. The van der Waals surface area contributed by atoms with E-state index in [1.165, 1.54) is 4.57 Å². The van der Waals surface area contributed by atoms with Crippen LogP contribution in [0.4, 0.5) is 10.2 Å². The quantitative estimate of drug-likeness (QED) is 0.506. The van der Waals surface area contributed by atoms with Gasteiger partial charge in [-0.25, -0.2) is 13.9 Å². The molecule has 1 aromatic rings. The first-order chi connectivity index (χ1) is 5.66. The average Bonchev–Trinajstić information content (AvgIpc) is 2.34. The first kappa shape index (κ1) is 8.63. The third kappa shape index (κ3) is 1.41. The molecule has 0 bridgehead atoms. The van der Waals surface area contributed by atoms with Crippen LogP contribution in [0.25, 0.3) is 0 Å². The third-order valence-corrected chi connectivity index (χ3v) is 1.53. The first-order valence-electron chi connectivity index (χ1n) is 3.39. The highest BCUT2D eigenvalue weighted by atomic mass is 18.2. The van der Waals surface area contributed by atoms with Crippen LogP contribution < -0.4 is 0 Å². The number of hydrogen-bond acceptors (Lipinski definition) is 3. The fraction of sp³-hybridized carbons (Fsp3) is 0.500. The molecule has 0 saturated carbocycles. The lowest BCUT2D eigenvalue weighted by Gasteiger charge is -1.97. The van der Waals surface area contributed by atoms with Gasteiger partial charge in [0.1, 0.15) is 19.4 Å². The van der Waals surface area contributed by atoms with Gasteiger partial charge < -0.3 is 10.1 Å². The Morgan fingerprint density at radius 3 is 3.00 bits per heavy atom. The molecule has 0 saturated heterocycles. The fourth-order valence-electron chi connectivity index (χ4n) is 0.963. The molecule has 6 heteroatoms. The van der Waals surface area contributed by atoms with E-state index < -0.39 is 11.6 Å². The summed E-state index contributed by atoms with van der Waals surface area (Å²) in [5, 5.41) is 10.3. The van der Waals surface area contributed by atoms with E-state index in [1.807, 2.05) is 0 Å². The highest BCUT2D eigenvalue weighted by Crippen LogP contribution is 2.12. The summed E-state index contributed by atoms with van der Waals surface area (Å²) in [6.07, 6.45) is 1.13. The van der Waals surface area contributed by atoms with Gasteiger partial charge >= 0.3 is 5.82 Å². The molecule has 1 heterocycles. The molecule has 12 heavy (non-hydrogen) atoms. The minimum Gasteiger partial charge on any atom is -0.358 e. The third-order valence-electron chi connectivity index (χ3n) is 1.53. The Labute approximate surface area is 68.0 Å². The number of aromatic nitrogens is 2. The lowest BCUT2D eigenvalue weighted by Crippen LogP contribution is -2.05. The molecule has 0 radical (unpaired) electrons. The summed E-state index contributed by atoms with van der Waals surface area (Å²) in [5.74, 6) is 0.296. The predicted octanol–water partition coefficient (Wildman–Crippen LogP) is 1.07. The summed E-state index contributed by atoms with van der Waals surface area (Å²) >= 11 is 0. The summed E-state index contributed by atoms with van der Waals surface area (Å²) < 4.78 is 13.1. The van der Waals surface area contributed by atoms with Crippen LogP contribution >= 0.6 is 0 Å². The van der Waals surface area contributed by atoms with Gasteiger partial charge in [0.15, 0.2) is 5.82 Å². The molecular formula is C6H8FN3O2. The normalized spacial score (nSPS) is 10.2. The maximum atomic E-state index is 11.9. The number of nitro groups is 1. The Bertz CT molecular complexity index is 297. The lowest BCUT2D eigenvalue weighted by molar-refractivity contribution is -0.392. The van der Waals surface area contributed by atoms with E-state index in [4.69, 9.17) is 0 Å². The molecule has 0 aromatic carbocycles. The molecule has 0 amide bonds. The minimum absolute atomic E-state index is 0.0118. The van der Waals surface area contributed by atoms with Crippen molar-refractivity contribution in [2.75, 3.05) is 6.67 Å². The van der Waals surface area contributed by atoms with Crippen molar-refractivity contribution in [3.05, 3.63) is 22.1 Å². The van der Waals surface area contributed by atoms with Crippen LogP contribution in [0.1, 0.15) is 5.82 Å².